The predicted molar refractivity (Wildman–Crippen MR) is 79.1 cm³/mol. The summed E-state index contributed by atoms with van der Waals surface area (Å²) in [6.45, 7) is -0.485. The molecule has 0 aliphatic rings. The van der Waals surface area contributed by atoms with Crippen LogP contribution in [0.5, 0.6) is 5.75 Å². The largest absolute Gasteiger partial charge is 0.481 e. The molecule has 2 aromatic rings. The number of hydrazone groups is 1. The summed E-state index contributed by atoms with van der Waals surface area (Å²) in [6.07, 6.45) is -3.39. The van der Waals surface area contributed by atoms with Gasteiger partial charge in [0.1, 0.15) is 0 Å². The number of rotatable bonds is 5. The highest BCUT2D eigenvalue weighted by Gasteiger charge is 2.30. The normalized spacial score (nSPS) is 11.5. The third kappa shape index (κ3) is 5.08. The number of alkyl halides is 3. The van der Waals surface area contributed by atoms with Gasteiger partial charge in [0.15, 0.2) is 18.2 Å². The maximum Gasteiger partial charge on any atom is 0.416 e. The molecule has 0 heterocycles. The number of hydrogen-bond donors (Lipinski definition) is 1. The third-order valence-corrected chi connectivity index (χ3v) is 2.81. The van der Waals surface area contributed by atoms with Crippen LogP contribution in [0.1, 0.15) is 11.1 Å². The number of para-hydroxylation sites is 1. The van der Waals surface area contributed by atoms with Crippen molar-refractivity contribution in [3.05, 3.63) is 65.5 Å². The Morgan fingerprint density at radius 2 is 1.92 bits per heavy atom. The zero-order valence-electron chi connectivity index (χ0n) is 12.2. The minimum absolute atomic E-state index is 0.0884. The fourth-order valence-corrected chi connectivity index (χ4v) is 1.71. The Morgan fingerprint density at radius 1 is 1.17 bits per heavy atom. The molecule has 1 amide bonds. The number of ether oxygens (including phenoxy) is 1. The first-order valence-electron chi connectivity index (χ1n) is 6.73. The second-order valence-corrected chi connectivity index (χ2v) is 4.64. The molecule has 0 aliphatic heterocycles. The average Bonchev–Trinajstić information content (AvgIpc) is 2.54. The van der Waals surface area contributed by atoms with Crippen LogP contribution in [-0.4, -0.2) is 18.7 Å². The Bertz CT molecular complexity index is 745. The van der Waals surface area contributed by atoms with Gasteiger partial charge in [0.05, 0.1) is 11.8 Å². The van der Waals surface area contributed by atoms with E-state index in [1.54, 1.807) is 6.07 Å². The summed E-state index contributed by atoms with van der Waals surface area (Å²) < 4.78 is 55.9. The second kappa shape index (κ2) is 7.58. The van der Waals surface area contributed by atoms with Crippen molar-refractivity contribution in [2.45, 2.75) is 6.18 Å². The summed E-state index contributed by atoms with van der Waals surface area (Å²) in [7, 11) is 0. The highest BCUT2D eigenvalue weighted by atomic mass is 19.4. The lowest BCUT2D eigenvalue weighted by Gasteiger charge is -2.07. The van der Waals surface area contributed by atoms with Crippen LogP contribution in [-0.2, 0) is 11.0 Å². The van der Waals surface area contributed by atoms with Gasteiger partial charge in [-0.25, -0.2) is 9.82 Å². The van der Waals surface area contributed by atoms with Gasteiger partial charge in [0, 0.05) is 0 Å². The van der Waals surface area contributed by atoms with E-state index in [1.807, 2.05) is 0 Å². The molecule has 0 bridgehead atoms. The van der Waals surface area contributed by atoms with Gasteiger partial charge in [0.2, 0.25) is 0 Å². The number of amides is 1. The van der Waals surface area contributed by atoms with Crippen molar-refractivity contribution in [1.82, 2.24) is 5.43 Å². The molecule has 0 spiro atoms. The monoisotopic (exact) mass is 340 g/mol. The van der Waals surface area contributed by atoms with Gasteiger partial charge in [-0.2, -0.15) is 18.3 Å². The molecule has 0 unspecified atom stereocenters. The highest BCUT2D eigenvalue weighted by molar-refractivity contribution is 5.83. The maximum absolute atomic E-state index is 13.3. The lowest BCUT2D eigenvalue weighted by Crippen LogP contribution is -2.24. The van der Waals surface area contributed by atoms with E-state index in [9.17, 15) is 22.4 Å². The fourth-order valence-electron chi connectivity index (χ4n) is 1.71. The van der Waals surface area contributed by atoms with Gasteiger partial charge in [-0.05, 0) is 29.8 Å². The van der Waals surface area contributed by atoms with Crippen molar-refractivity contribution in [2.24, 2.45) is 5.10 Å². The van der Waals surface area contributed by atoms with Crippen molar-refractivity contribution >= 4 is 12.1 Å². The molecule has 1 N–H and O–H groups in total. The predicted octanol–water partition coefficient (Wildman–Crippen LogP) is 3.37. The van der Waals surface area contributed by atoms with E-state index in [-0.39, 0.29) is 11.3 Å². The smallest absolute Gasteiger partial charge is 0.416 e. The lowest BCUT2D eigenvalue weighted by atomic mass is 10.1. The van der Waals surface area contributed by atoms with Crippen LogP contribution < -0.4 is 10.2 Å². The first-order chi connectivity index (χ1) is 11.4. The molecule has 0 aliphatic carbocycles. The van der Waals surface area contributed by atoms with Crippen LogP contribution in [0.3, 0.4) is 0 Å². The lowest BCUT2D eigenvalue weighted by molar-refractivity contribution is -0.137. The number of carbonyl (C=O) groups excluding carboxylic acids is 1. The van der Waals surface area contributed by atoms with Crippen molar-refractivity contribution in [3.63, 3.8) is 0 Å². The summed E-state index contributed by atoms with van der Waals surface area (Å²) in [5.41, 5.74) is 1.43. The molecule has 126 valence electrons. The van der Waals surface area contributed by atoms with E-state index < -0.39 is 30.1 Å². The summed E-state index contributed by atoms with van der Waals surface area (Å²) in [5.74, 6) is -1.38. The van der Waals surface area contributed by atoms with Gasteiger partial charge in [-0.1, -0.05) is 24.3 Å². The van der Waals surface area contributed by atoms with Gasteiger partial charge in [-0.3, -0.25) is 4.79 Å². The molecule has 0 fully saturated rings. The first kappa shape index (κ1) is 17.5. The van der Waals surface area contributed by atoms with E-state index in [2.05, 4.69) is 10.5 Å². The zero-order valence-corrected chi connectivity index (χ0v) is 12.2. The van der Waals surface area contributed by atoms with Crippen LogP contribution >= 0.6 is 0 Å². The first-order valence-corrected chi connectivity index (χ1v) is 6.73. The highest BCUT2D eigenvalue weighted by Crippen LogP contribution is 2.29. The molecule has 24 heavy (non-hydrogen) atoms. The van der Waals surface area contributed by atoms with Crippen molar-refractivity contribution in [2.75, 3.05) is 6.61 Å². The molecule has 0 saturated carbocycles. The molecule has 0 radical (unpaired) electrons. The Balaban J connectivity index is 1.88. The molecule has 8 heteroatoms. The van der Waals surface area contributed by atoms with E-state index in [1.165, 1.54) is 30.3 Å². The minimum atomic E-state index is -4.46. The summed E-state index contributed by atoms with van der Waals surface area (Å²) in [6, 6.07) is 10.0. The third-order valence-electron chi connectivity index (χ3n) is 2.81. The van der Waals surface area contributed by atoms with Crippen LogP contribution in [0.4, 0.5) is 17.6 Å². The number of nitrogens with one attached hydrogen (secondary N) is 1. The van der Waals surface area contributed by atoms with Gasteiger partial charge in [0.25, 0.3) is 5.91 Å². The number of halogens is 4. The molecule has 2 rings (SSSR count). The van der Waals surface area contributed by atoms with Crippen molar-refractivity contribution in [1.29, 1.82) is 0 Å². The molecule has 4 nitrogen and oxygen atoms in total. The topological polar surface area (TPSA) is 50.7 Å². The standard InChI is InChI=1S/C16H12F4N2O2/c17-13-6-1-2-7-14(13)24-10-15(23)22-21-9-11-4-3-5-12(8-11)16(18,19)20/h1-9H,10H2,(H,22,23)/b21-9-. The molecule has 0 atom stereocenters. The summed E-state index contributed by atoms with van der Waals surface area (Å²) in [5, 5.41) is 3.53. The van der Waals surface area contributed by atoms with Gasteiger partial charge < -0.3 is 4.74 Å². The average molecular weight is 340 g/mol. The Labute approximate surface area is 134 Å². The van der Waals surface area contributed by atoms with Crippen molar-refractivity contribution < 1.29 is 27.1 Å². The Hall–Kier alpha value is -2.90. The zero-order chi connectivity index (χ0) is 17.6. The van der Waals surface area contributed by atoms with Crippen LogP contribution in [0.25, 0.3) is 0 Å². The van der Waals surface area contributed by atoms with E-state index in [0.29, 0.717) is 0 Å². The summed E-state index contributed by atoms with van der Waals surface area (Å²) >= 11 is 0. The molecule has 0 saturated heterocycles. The van der Waals surface area contributed by atoms with Gasteiger partial charge >= 0.3 is 6.18 Å². The molecule has 2 aromatic carbocycles. The SMILES string of the molecule is O=C(COc1ccccc1F)N/N=C\c1cccc(C(F)(F)F)c1. The fraction of sp³-hybridized carbons (Fsp3) is 0.125. The van der Waals surface area contributed by atoms with Crippen LogP contribution in [0.2, 0.25) is 0 Å². The van der Waals surface area contributed by atoms with Crippen molar-refractivity contribution in [3.8, 4) is 5.75 Å². The number of benzene rings is 2. The molecular formula is C16H12F4N2O2. The Morgan fingerprint density at radius 3 is 2.62 bits per heavy atom. The van der Waals surface area contributed by atoms with E-state index in [4.69, 9.17) is 4.74 Å². The Kier molecular flexibility index (Phi) is 5.51. The number of nitrogens with zero attached hydrogens (tertiary/aromatic N) is 1. The van der Waals surface area contributed by atoms with Crippen LogP contribution in [0.15, 0.2) is 53.6 Å². The summed E-state index contributed by atoms with van der Waals surface area (Å²) in [4.78, 5) is 11.5. The second-order valence-electron chi connectivity index (χ2n) is 4.64. The quantitative estimate of drug-likeness (QED) is 0.515. The van der Waals surface area contributed by atoms with Crippen LogP contribution in [0, 0.1) is 5.82 Å². The molecule has 0 aromatic heterocycles. The van der Waals surface area contributed by atoms with Gasteiger partial charge in [-0.15, -0.1) is 0 Å². The number of hydrogen-bond acceptors (Lipinski definition) is 3. The minimum Gasteiger partial charge on any atom is -0.481 e. The van der Waals surface area contributed by atoms with E-state index in [0.717, 1.165) is 18.3 Å². The maximum atomic E-state index is 13.3. The molecular weight excluding hydrogens is 328 g/mol. The van der Waals surface area contributed by atoms with E-state index >= 15 is 0 Å². The number of carbonyl (C=O) groups is 1.